The molecule has 0 saturated heterocycles. The van der Waals surface area contributed by atoms with Gasteiger partial charge >= 0.3 is 0 Å². The van der Waals surface area contributed by atoms with Gasteiger partial charge < -0.3 is 10.6 Å². The van der Waals surface area contributed by atoms with Crippen molar-refractivity contribution < 1.29 is 4.39 Å². The summed E-state index contributed by atoms with van der Waals surface area (Å²) in [4.78, 5) is 13.1. The lowest BCUT2D eigenvalue weighted by molar-refractivity contribution is 0.622. The Labute approximate surface area is 153 Å². The van der Waals surface area contributed by atoms with Crippen LogP contribution in [0, 0.1) is 5.82 Å². The van der Waals surface area contributed by atoms with Gasteiger partial charge in [-0.25, -0.2) is 9.37 Å². The fourth-order valence-electron chi connectivity index (χ4n) is 2.22. The Kier molecular flexibility index (Phi) is 5.23. The number of rotatable bonds is 5. The lowest BCUT2D eigenvalue weighted by Gasteiger charge is -2.13. The number of pyridine rings is 1. The molecule has 0 aliphatic rings. The van der Waals surface area contributed by atoms with Crippen molar-refractivity contribution in [2.75, 3.05) is 10.6 Å². The molecule has 0 unspecified atom stereocenters. The van der Waals surface area contributed by atoms with E-state index in [1.54, 1.807) is 24.5 Å². The van der Waals surface area contributed by atoms with Gasteiger partial charge in [0.1, 0.15) is 11.6 Å². The summed E-state index contributed by atoms with van der Waals surface area (Å²) in [6, 6.07) is 10.6. The van der Waals surface area contributed by atoms with Gasteiger partial charge in [-0.15, -0.1) is 0 Å². The second-order valence-corrected chi connectivity index (χ2v) is 6.61. The van der Waals surface area contributed by atoms with Crippen LogP contribution in [0.5, 0.6) is 0 Å². The van der Waals surface area contributed by atoms with E-state index >= 15 is 0 Å². The predicted octanol–water partition coefficient (Wildman–Crippen LogP) is 5.00. The van der Waals surface area contributed by atoms with Crippen molar-refractivity contribution in [2.24, 2.45) is 0 Å². The quantitative estimate of drug-likeness (QED) is 0.629. The largest absolute Gasteiger partial charge is 0.352 e. The minimum atomic E-state index is -0.341. The van der Waals surface area contributed by atoms with Gasteiger partial charge in [0.05, 0.1) is 10.2 Å². The van der Waals surface area contributed by atoms with E-state index in [1.807, 2.05) is 32.0 Å². The Morgan fingerprint density at radius 2 is 1.96 bits per heavy atom. The fraction of sp³-hybridized carbons (Fsp3) is 0.167. The molecular weight excluding hydrogens is 385 g/mol. The maximum Gasteiger partial charge on any atom is 0.225 e. The van der Waals surface area contributed by atoms with E-state index in [2.05, 4.69) is 41.5 Å². The van der Waals surface area contributed by atoms with E-state index in [0.29, 0.717) is 21.9 Å². The molecule has 0 bridgehead atoms. The lowest BCUT2D eigenvalue weighted by Crippen LogP contribution is -2.13. The lowest BCUT2D eigenvalue weighted by atomic mass is 10.2. The Hall–Kier alpha value is -2.54. The highest BCUT2D eigenvalue weighted by Gasteiger charge is 2.09. The molecule has 0 fully saturated rings. The third kappa shape index (κ3) is 4.51. The molecule has 2 aromatic heterocycles. The zero-order chi connectivity index (χ0) is 17.8. The van der Waals surface area contributed by atoms with Crippen molar-refractivity contribution in [1.82, 2.24) is 15.0 Å². The molecule has 1 aromatic carbocycles. The SMILES string of the molecule is CC(C)Nc1nc(Nc2ccc(Br)c(F)c2)cc(-c2cccnc2)n1. The first kappa shape index (κ1) is 17.3. The van der Waals surface area contributed by atoms with Crippen molar-refractivity contribution in [3.8, 4) is 11.3 Å². The summed E-state index contributed by atoms with van der Waals surface area (Å²) < 4.78 is 14.2. The second kappa shape index (κ2) is 7.57. The Balaban J connectivity index is 1.98. The molecule has 3 rings (SSSR count). The number of anilines is 3. The van der Waals surface area contributed by atoms with Gasteiger partial charge in [-0.2, -0.15) is 4.98 Å². The monoisotopic (exact) mass is 401 g/mol. The summed E-state index contributed by atoms with van der Waals surface area (Å²) in [5.41, 5.74) is 2.21. The maximum absolute atomic E-state index is 13.7. The minimum absolute atomic E-state index is 0.183. The molecule has 0 amide bonds. The Morgan fingerprint density at radius 1 is 1.12 bits per heavy atom. The molecule has 0 radical (unpaired) electrons. The third-order valence-electron chi connectivity index (χ3n) is 3.29. The van der Waals surface area contributed by atoms with Gasteiger partial charge in [0, 0.05) is 35.8 Å². The summed E-state index contributed by atoms with van der Waals surface area (Å²) in [5, 5.41) is 6.32. The summed E-state index contributed by atoms with van der Waals surface area (Å²) in [5.74, 6) is 0.724. The van der Waals surface area contributed by atoms with Crippen LogP contribution in [0.15, 0.2) is 53.3 Å². The molecule has 0 aliphatic heterocycles. The number of hydrogen-bond acceptors (Lipinski definition) is 5. The fourth-order valence-corrected chi connectivity index (χ4v) is 2.46. The summed E-state index contributed by atoms with van der Waals surface area (Å²) in [7, 11) is 0. The van der Waals surface area contributed by atoms with E-state index in [1.165, 1.54) is 6.07 Å². The molecule has 7 heteroatoms. The molecular formula is C18H17BrFN5. The summed E-state index contributed by atoms with van der Waals surface area (Å²) in [6.07, 6.45) is 3.45. The molecule has 2 heterocycles. The highest BCUT2D eigenvalue weighted by Crippen LogP contribution is 2.25. The van der Waals surface area contributed by atoms with Gasteiger partial charge in [-0.3, -0.25) is 4.98 Å². The Morgan fingerprint density at radius 3 is 2.64 bits per heavy atom. The topological polar surface area (TPSA) is 62.7 Å². The Bertz CT molecular complexity index is 871. The molecule has 3 aromatic rings. The van der Waals surface area contributed by atoms with Crippen LogP contribution in [0.4, 0.5) is 21.8 Å². The molecule has 0 spiro atoms. The van der Waals surface area contributed by atoms with Crippen LogP contribution < -0.4 is 10.6 Å². The van der Waals surface area contributed by atoms with Crippen LogP contribution in [0.3, 0.4) is 0 Å². The van der Waals surface area contributed by atoms with Crippen LogP contribution in [0.2, 0.25) is 0 Å². The van der Waals surface area contributed by atoms with Gasteiger partial charge in [-0.05, 0) is 60.1 Å². The first-order valence-electron chi connectivity index (χ1n) is 7.79. The standard InChI is InChI=1S/C18H17BrFN5/c1-11(2)22-18-24-16(12-4-3-7-21-10-12)9-17(25-18)23-13-5-6-14(19)15(20)8-13/h3-11H,1-2H3,(H2,22,23,24,25). The predicted molar refractivity (Wildman–Crippen MR) is 101 cm³/mol. The highest BCUT2D eigenvalue weighted by molar-refractivity contribution is 9.10. The number of hydrogen-bond donors (Lipinski definition) is 2. The number of benzene rings is 1. The van der Waals surface area contributed by atoms with Gasteiger partial charge in [0.2, 0.25) is 5.95 Å². The smallest absolute Gasteiger partial charge is 0.225 e. The van der Waals surface area contributed by atoms with E-state index in [-0.39, 0.29) is 11.9 Å². The zero-order valence-electron chi connectivity index (χ0n) is 13.8. The molecule has 0 aliphatic carbocycles. The van der Waals surface area contributed by atoms with Gasteiger partial charge in [0.15, 0.2) is 0 Å². The van der Waals surface area contributed by atoms with E-state index in [9.17, 15) is 4.39 Å². The van der Waals surface area contributed by atoms with E-state index in [0.717, 1.165) is 11.3 Å². The average Bonchev–Trinajstić information content (AvgIpc) is 2.58. The van der Waals surface area contributed by atoms with Crippen molar-refractivity contribution >= 4 is 33.4 Å². The van der Waals surface area contributed by atoms with Gasteiger partial charge in [0.25, 0.3) is 0 Å². The van der Waals surface area contributed by atoms with Crippen LogP contribution in [0.1, 0.15) is 13.8 Å². The van der Waals surface area contributed by atoms with Crippen LogP contribution in [0.25, 0.3) is 11.3 Å². The third-order valence-corrected chi connectivity index (χ3v) is 3.94. The summed E-state index contributed by atoms with van der Waals surface area (Å²) >= 11 is 3.15. The number of nitrogens with zero attached hydrogens (tertiary/aromatic N) is 3. The molecule has 25 heavy (non-hydrogen) atoms. The van der Waals surface area contributed by atoms with Crippen molar-refractivity contribution in [3.63, 3.8) is 0 Å². The second-order valence-electron chi connectivity index (χ2n) is 5.76. The van der Waals surface area contributed by atoms with Crippen molar-refractivity contribution in [1.29, 1.82) is 0 Å². The van der Waals surface area contributed by atoms with Crippen LogP contribution >= 0.6 is 15.9 Å². The first-order valence-corrected chi connectivity index (χ1v) is 8.58. The van der Waals surface area contributed by atoms with E-state index < -0.39 is 0 Å². The van der Waals surface area contributed by atoms with Crippen molar-refractivity contribution in [3.05, 3.63) is 59.1 Å². The average molecular weight is 402 g/mol. The zero-order valence-corrected chi connectivity index (χ0v) is 15.4. The maximum atomic E-state index is 13.7. The number of nitrogens with one attached hydrogen (secondary N) is 2. The number of halogens is 2. The number of aromatic nitrogens is 3. The first-order chi connectivity index (χ1) is 12.0. The normalized spacial score (nSPS) is 10.8. The highest BCUT2D eigenvalue weighted by atomic mass is 79.9. The molecule has 128 valence electrons. The van der Waals surface area contributed by atoms with Crippen LogP contribution in [-0.2, 0) is 0 Å². The van der Waals surface area contributed by atoms with E-state index in [4.69, 9.17) is 0 Å². The van der Waals surface area contributed by atoms with Crippen LogP contribution in [-0.4, -0.2) is 21.0 Å². The molecule has 0 atom stereocenters. The molecule has 5 nitrogen and oxygen atoms in total. The van der Waals surface area contributed by atoms with Crippen molar-refractivity contribution in [2.45, 2.75) is 19.9 Å². The molecule has 0 saturated carbocycles. The summed E-state index contributed by atoms with van der Waals surface area (Å²) in [6.45, 7) is 4.02. The van der Waals surface area contributed by atoms with Gasteiger partial charge in [-0.1, -0.05) is 0 Å². The molecule has 2 N–H and O–H groups in total. The minimum Gasteiger partial charge on any atom is -0.352 e.